The number of nitrogens with one attached hydrogen (secondary N) is 1. The van der Waals surface area contributed by atoms with Crippen LogP contribution in [0.4, 0.5) is 0 Å². The van der Waals surface area contributed by atoms with E-state index >= 15 is 0 Å². The van der Waals surface area contributed by atoms with E-state index in [0.29, 0.717) is 13.2 Å². The van der Waals surface area contributed by atoms with Gasteiger partial charge in [-0.1, -0.05) is 0 Å². The van der Waals surface area contributed by atoms with Gasteiger partial charge in [0.1, 0.15) is 12.1 Å². The van der Waals surface area contributed by atoms with E-state index in [9.17, 15) is 9.59 Å². The number of amides is 1. The number of ether oxygens (including phenoxy) is 2. The molecule has 1 amide bonds. The second-order valence-electron chi connectivity index (χ2n) is 3.48. The van der Waals surface area contributed by atoms with Crippen LogP contribution in [0.1, 0.15) is 12.8 Å². The van der Waals surface area contributed by atoms with Crippen LogP contribution in [0.3, 0.4) is 0 Å². The van der Waals surface area contributed by atoms with E-state index in [4.69, 9.17) is 9.84 Å². The van der Waals surface area contributed by atoms with E-state index in [2.05, 4.69) is 10.1 Å². The van der Waals surface area contributed by atoms with Crippen molar-refractivity contribution >= 4 is 11.9 Å². The molecule has 1 aliphatic rings. The van der Waals surface area contributed by atoms with Crippen molar-refractivity contribution in [2.24, 2.45) is 0 Å². The summed E-state index contributed by atoms with van der Waals surface area (Å²) in [4.78, 5) is 22.4. The highest BCUT2D eigenvalue weighted by atomic mass is 16.5. The van der Waals surface area contributed by atoms with Crippen molar-refractivity contribution in [1.82, 2.24) is 5.32 Å². The van der Waals surface area contributed by atoms with Crippen LogP contribution in [0, 0.1) is 0 Å². The maximum absolute atomic E-state index is 11.3. The number of rotatable bonds is 4. The van der Waals surface area contributed by atoms with Gasteiger partial charge in [0, 0.05) is 33.2 Å². The highest BCUT2D eigenvalue weighted by Gasteiger charge is 2.41. The molecular weight excluding hydrogens is 202 g/mol. The lowest BCUT2D eigenvalue weighted by Crippen LogP contribution is -2.58. The maximum atomic E-state index is 11.3. The first-order valence-corrected chi connectivity index (χ1v) is 4.72. The van der Waals surface area contributed by atoms with Gasteiger partial charge in [-0.3, -0.25) is 4.79 Å². The number of hydrogen-bond acceptors (Lipinski definition) is 4. The van der Waals surface area contributed by atoms with Crippen LogP contribution in [-0.4, -0.2) is 49.5 Å². The van der Waals surface area contributed by atoms with Crippen molar-refractivity contribution in [3.05, 3.63) is 0 Å². The van der Waals surface area contributed by atoms with Gasteiger partial charge in [0.2, 0.25) is 5.91 Å². The SMILES string of the molecule is COCC(=O)NC1(C(=O)O)CCOCC1. The lowest BCUT2D eigenvalue weighted by Gasteiger charge is -2.33. The number of methoxy groups -OCH3 is 1. The molecule has 6 heteroatoms. The van der Waals surface area contributed by atoms with E-state index in [1.54, 1.807) is 0 Å². The highest BCUT2D eigenvalue weighted by Crippen LogP contribution is 2.20. The molecule has 0 aliphatic carbocycles. The van der Waals surface area contributed by atoms with E-state index < -0.39 is 17.4 Å². The Hall–Kier alpha value is -1.14. The molecule has 1 heterocycles. The third kappa shape index (κ3) is 2.90. The lowest BCUT2D eigenvalue weighted by molar-refractivity contribution is -0.152. The zero-order valence-electron chi connectivity index (χ0n) is 8.62. The summed E-state index contributed by atoms with van der Waals surface area (Å²) in [5.74, 6) is -1.43. The van der Waals surface area contributed by atoms with Crippen LogP contribution < -0.4 is 5.32 Å². The fraction of sp³-hybridized carbons (Fsp3) is 0.778. The van der Waals surface area contributed by atoms with Crippen molar-refractivity contribution in [3.63, 3.8) is 0 Å². The second-order valence-corrected chi connectivity index (χ2v) is 3.48. The van der Waals surface area contributed by atoms with Gasteiger partial charge in [0.25, 0.3) is 0 Å². The largest absolute Gasteiger partial charge is 0.480 e. The summed E-state index contributed by atoms with van der Waals surface area (Å²) in [7, 11) is 1.39. The molecule has 15 heavy (non-hydrogen) atoms. The number of carbonyl (C=O) groups excluding carboxylic acids is 1. The van der Waals surface area contributed by atoms with Crippen molar-refractivity contribution in [2.45, 2.75) is 18.4 Å². The molecule has 0 radical (unpaired) electrons. The maximum Gasteiger partial charge on any atom is 0.329 e. The summed E-state index contributed by atoms with van der Waals surface area (Å²) < 4.78 is 9.70. The minimum atomic E-state index is -1.19. The van der Waals surface area contributed by atoms with Gasteiger partial charge >= 0.3 is 5.97 Å². The van der Waals surface area contributed by atoms with Gasteiger partial charge in [0.05, 0.1) is 0 Å². The second kappa shape index (κ2) is 5.09. The van der Waals surface area contributed by atoms with Crippen LogP contribution in [0.15, 0.2) is 0 Å². The molecule has 86 valence electrons. The molecule has 1 saturated heterocycles. The third-order valence-electron chi connectivity index (χ3n) is 2.41. The molecule has 6 nitrogen and oxygen atoms in total. The van der Waals surface area contributed by atoms with E-state index in [1.165, 1.54) is 7.11 Å². The Balaban J connectivity index is 2.64. The van der Waals surface area contributed by atoms with Crippen molar-refractivity contribution in [2.75, 3.05) is 26.9 Å². The molecule has 0 aromatic heterocycles. The first kappa shape index (κ1) is 11.9. The smallest absolute Gasteiger partial charge is 0.329 e. The number of carbonyl (C=O) groups is 2. The number of hydrogen-bond donors (Lipinski definition) is 2. The van der Waals surface area contributed by atoms with Crippen LogP contribution >= 0.6 is 0 Å². The minimum absolute atomic E-state index is 0.129. The van der Waals surface area contributed by atoms with Gasteiger partial charge in [0.15, 0.2) is 0 Å². The van der Waals surface area contributed by atoms with Gasteiger partial charge in [-0.2, -0.15) is 0 Å². The number of aliphatic carboxylic acids is 1. The zero-order chi connectivity index (χ0) is 11.3. The standard InChI is InChI=1S/C9H15NO5/c1-14-6-7(11)10-9(8(12)13)2-4-15-5-3-9/h2-6H2,1H3,(H,10,11)(H,12,13). The Kier molecular flexibility index (Phi) is 4.05. The van der Waals surface area contributed by atoms with Crippen molar-refractivity contribution in [3.8, 4) is 0 Å². The summed E-state index contributed by atoms with van der Waals surface area (Å²) in [6, 6.07) is 0. The fourth-order valence-electron chi connectivity index (χ4n) is 1.55. The van der Waals surface area contributed by atoms with Crippen LogP contribution in [0.25, 0.3) is 0 Å². The van der Waals surface area contributed by atoms with Crippen LogP contribution in [0.5, 0.6) is 0 Å². The Morgan fingerprint density at radius 2 is 2.07 bits per heavy atom. The Morgan fingerprint density at radius 3 is 2.53 bits per heavy atom. The van der Waals surface area contributed by atoms with E-state index in [-0.39, 0.29) is 19.4 Å². The first-order chi connectivity index (χ1) is 7.10. The van der Waals surface area contributed by atoms with Crippen molar-refractivity contribution in [1.29, 1.82) is 0 Å². The molecule has 0 spiro atoms. The molecule has 0 aromatic rings. The summed E-state index contributed by atoms with van der Waals surface area (Å²) in [5.41, 5.74) is -1.19. The summed E-state index contributed by atoms with van der Waals surface area (Å²) >= 11 is 0. The van der Waals surface area contributed by atoms with Gasteiger partial charge in [-0.15, -0.1) is 0 Å². The Morgan fingerprint density at radius 1 is 1.47 bits per heavy atom. The molecular formula is C9H15NO5. The monoisotopic (exact) mass is 217 g/mol. The molecule has 0 bridgehead atoms. The van der Waals surface area contributed by atoms with E-state index in [0.717, 1.165) is 0 Å². The van der Waals surface area contributed by atoms with Crippen LogP contribution in [0.2, 0.25) is 0 Å². The molecule has 1 rings (SSSR count). The molecule has 2 N–H and O–H groups in total. The average molecular weight is 217 g/mol. The fourth-order valence-corrected chi connectivity index (χ4v) is 1.55. The molecule has 0 saturated carbocycles. The molecule has 0 atom stereocenters. The van der Waals surface area contributed by atoms with Crippen molar-refractivity contribution < 1.29 is 24.2 Å². The van der Waals surface area contributed by atoms with Crippen LogP contribution in [-0.2, 0) is 19.1 Å². The molecule has 1 fully saturated rings. The predicted molar refractivity (Wildman–Crippen MR) is 50.4 cm³/mol. The Labute approximate surface area is 87.5 Å². The Bertz CT molecular complexity index is 247. The summed E-state index contributed by atoms with van der Waals surface area (Å²) in [5, 5.41) is 11.6. The molecule has 0 unspecified atom stereocenters. The molecule has 0 aromatic carbocycles. The van der Waals surface area contributed by atoms with E-state index in [1.807, 2.05) is 0 Å². The topological polar surface area (TPSA) is 84.9 Å². The quantitative estimate of drug-likeness (QED) is 0.655. The highest BCUT2D eigenvalue weighted by molar-refractivity contribution is 5.87. The first-order valence-electron chi connectivity index (χ1n) is 4.72. The molecule has 1 aliphatic heterocycles. The number of carboxylic acids is 1. The number of carboxylic acid groups (broad SMARTS) is 1. The van der Waals surface area contributed by atoms with Gasteiger partial charge < -0.3 is 19.9 Å². The normalized spacial score (nSPS) is 19.5. The predicted octanol–water partition coefficient (Wildman–Crippen LogP) is -0.617. The lowest BCUT2D eigenvalue weighted by atomic mass is 9.90. The average Bonchev–Trinajstić information content (AvgIpc) is 2.19. The van der Waals surface area contributed by atoms with Gasteiger partial charge in [-0.25, -0.2) is 4.79 Å². The summed E-state index contributed by atoms with van der Waals surface area (Å²) in [6.45, 7) is 0.564. The van der Waals surface area contributed by atoms with Gasteiger partial charge in [-0.05, 0) is 0 Å². The zero-order valence-corrected chi connectivity index (χ0v) is 8.62. The third-order valence-corrected chi connectivity index (χ3v) is 2.41. The minimum Gasteiger partial charge on any atom is -0.480 e. The summed E-state index contributed by atoms with van der Waals surface area (Å²) in [6.07, 6.45) is 0.579.